The Labute approximate surface area is 168 Å². The number of Topliss-reactive ketones (excluding diaryl/α,β-unsaturated/α-hetero) is 1. The minimum atomic E-state index is 0.0848. The summed E-state index contributed by atoms with van der Waals surface area (Å²) in [6, 6.07) is 11.9. The molecule has 4 aromatic rings. The summed E-state index contributed by atoms with van der Waals surface area (Å²) in [4.78, 5) is 22.1. The zero-order valence-electron chi connectivity index (χ0n) is 16.2. The van der Waals surface area contributed by atoms with Crippen LogP contribution in [0.25, 0.3) is 22.2 Å². The summed E-state index contributed by atoms with van der Waals surface area (Å²) in [5.41, 5.74) is 6.69. The third kappa shape index (κ3) is 3.54. The molecule has 3 aromatic heterocycles. The number of aromatic nitrogens is 4. The van der Waals surface area contributed by atoms with Crippen molar-refractivity contribution in [1.82, 2.24) is 25.1 Å². The van der Waals surface area contributed by atoms with Gasteiger partial charge in [-0.15, -0.1) is 0 Å². The average molecular weight is 383 g/mol. The largest absolute Gasteiger partial charge is 0.312 e. The molecule has 0 fully saturated rings. The molecule has 6 heteroatoms. The SMILES string of the molecule is Cn1cc(-c2ccc3cnc(CC(=O)c4ccc5c(c4)CCNC5)cc3n2)cn1. The molecule has 1 aliphatic rings. The molecule has 29 heavy (non-hydrogen) atoms. The van der Waals surface area contributed by atoms with Gasteiger partial charge in [-0.05, 0) is 48.4 Å². The van der Waals surface area contributed by atoms with E-state index in [1.807, 2.05) is 43.6 Å². The Morgan fingerprint density at radius 1 is 1.14 bits per heavy atom. The zero-order chi connectivity index (χ0) is 19.8. The molecular weight excluding hydrogens is 362 g/mol. The second-order valence-corrected chi connectivity index (χ2v) is 7.48. The van der Waals surface area contributed by atoms with Crippen molar-refractivity contribution in [2.24, 2.45) is 7.05 Å². The maximum Gasteiger partial charge on any atom is 0.168 e. The first kappa shape index (κ1) is 17.7. The smallest absolute Gasteiger partial charge is 0.168 e. The number of aryl methyl sites for hydroxylation is 1. The van der Waals surface area contributed by atoms with E-state index in [1.165, 1.54) is 11.1 Å². The van der Waals surface area contributed by atoms with Gasteiger partial charge >= 0.3 is 0 Å². The van der Waals surface area contributed by atoms with Gasteiger partial charge in [0.15, 0.2) is 5.78 Å². The van der Waals surface area contributed by atoms with Gasteiger partial charge < -0.3 is 5.32 Å². The van der Waals surface area contributed by atoms with Crippen LogP contribution in [0.4, 0.5) is 0 Å². The molecule has 0 spiro atoms. The van der Waals surface area contributed by atoms with E-state index in [0.29, 0.717) is 0 Å². The van der Waals surface area contributed by atoms with Crippen LogP contribution >= 0.6 is 0 Å². The standard InChI is InChI=1S/C23H21N5O/c1-28-14-19(13-26-28)21-5-4-18-12-25-20(9-22(18)27-21)10-23(29)16-2-3-17-11-24-7-6-15(17)8-16/h2-5,8-9,12-14,24H,6-7,10-11H2,1H3. The van der Waals surface area contributed by atoms with Crippen molar-refractivity contribution in [2.45, 2.75) is 19.4 Å². The predicted molar refractivity (Wildman–Crippen MR) is 112 cm³/mol. The summed E-state index contributed by atoms with van der Waals surface area (Å²) in [6.07, 6.45) is 6.75. The van der Waals surface area contributed by atoms with Crippen LogP contribution in [-0.4, -0.2) is 32.1 Å². The molecule has 0 atom stereocenters. The van der Waals surface area contributed by atoms with Crippen LogP contribution in [0.15, 0.2) is 55.0 Å². The van der Waals surface area contributed by atoms with E-state index in [4.69, 9.17) is 4.98 Å². The molecule has 0 amide bonds. The Morgan fingerprint density at radius 2 is 2.07 bits per heavy atom. The molecule has 1 aromatic carbocycles. The second kappa shape index (κ2) is 7.22. The Hall–Kier alpha value is -3.38. The van der Waals surface area contributed by atoms with Gasteiger partial charge in [0.2, 0.25) is 0 Å². The van der Waals surface area contributed by atoms with E-state index >= 15 is 0 Å². The number of hydrogen-bond donors (Lipinski definition) is 1. The van der Waals surface area contributed by atoms with Crippen LogP contribution in [-0.2, 0) is 26.4 Å². The van der Waals surface area contributed by atoms with Gasteiger partial charge in [-0.3, -0.25) is 14.5 Å². The minimum Gasteiger partial charge on any atom is -0.312 e. The van der Waals surface area contributed by atoms with E-state index in [9.17, 15) is 4.79 Å². The van der Waals surface area contributed by atoms with Crippen LogP contribution in [0.2, 0.25) is 0 Å². The third-order valence-corrected chi connectivity index (χ3v) is 5.39. The number of nitrogens with one attached hydrogen (secondary N) is 1. The zero-order valence-corrected chi connectivity index (χ0v) is 16.2. The molecule has 0 saturated heterocycles. The number of rotatable bonds is 4. The highest BCUT2D eigenvalue weighted by atomic mass is 16.1. The van der Waals surface area contributed by atoms with Crippen molar-refractivity contribution in [3.8, 4) is 11.3 Å². The average Bonchev–Trinajstić information content (AvgIpc) is 3.19. The van der Waals surface area contributed by atoms with Crippen LogP contribution in [0.1, 0.15) is 27.2 Å². The number of carbonyl (C=O) groups excluding carboxylic acids is 1. The van der Waals surface area contributed by atoms with Crippen molar-refractivity contribution in [3.63, 3.8) is 0 Å². The monoisotopic (exact) mass is 383 g/mol. The number of pyridine rings is 2. The van der Waals surface area contributed by atoms with Crippen molar-refractivity contribution < 1.29 is 4.79 Å². The first-order valence-electron chi connectivity index (χ1n) is 9.76. The number of carbonyl (C=O) groups is 1. The number of benzene rings is 1. The lowest BCUT2D eigenvalue weighted by Gasteiger charge is -2.17. The molecule has 0 aliphatic carbocycles. The highest BCUT2D eigenvalue weighted by Crippen LogP contribution is 2.21. The van der Waals surface area contributed by atoms with Gasteiger partial charge in [0.1, 0.15) is 0 Å². The van der Waals surface area contributed by atoms with Crippen molar-refractivity contribution in [1.29, 1.82) is 0 Å². The number of fused-ring (bicyclic) bond motifs is 2. The number of ketones is 1. The fourth-order valence-corrected chi connectivity index (χ4v) is 3.79. The lowest BCUT2D eigenvalue weighted by molar-refractivity contribution is 0.0992. The molecule has 0 unspecified atom stereocenters. The lowest BCUT2D eigenvalue weighted by atomic mass is 9.96. The molecule has 6 nitrogen and oxygen atoms in total. The molecule has 0 radical (unpaired) electrons. The van der Waals surface area contributed by atoms with Gasteiger partial charge in [0, 0.05) is 42.5 Å². The fourth-order valence-electron chi connectivity index (χ4n) is 3.79. The van der Waals surface area contributed by atoms with Crippen molar-refractivity contribution in [3.05, 3.63) is 77.4 Å². The van der Waals surface area contributed by atoms with E-state index in [0.717, 1.165) is 52.9 Å². The predicted octanol–water partition coefficient (Wildman–Crippen LogP) is 3.10. The van der Waals surface area contributed by atoms with E-state index < -0.39 is 0 Å². The van der Waals surface area contributed by atoms with E-state index in [-0.39, 0.29) is 12.2 Å². The van der Waals surface area contributed by atoms with Gasteiger partial charge in [-0.1, -0.05) is 12.1 Å². The lowest BCUT2D eigenvalue weighted by Crippen LogP contribution is -2.23. The van der Waals surface area contributed by atoms with Crippen molar-refractivity contribution >= 4 is 16.7 Å². The summed E-state index contributed by atoms with van der Waals surface area (Å²) in [7, 11) is 1.88. The second-order valence-electron chi connectivity index (χ2n) is 7.48. The topological polar surface area (TPSA) is 72.7 Å². The maximum atomic E-state index is 12.8. The van der Waals surface area contributed by atoms with Gasteiger partial charge in [-0.25, -0.2) is 4.98 Å². The fraction of sp³-hybridized carbons (Fsp3) is 0.217. The van der Waals surface area contributed by atoms with Crippen LogP contribution in [0.5, 0.6) is 0 Å². The third-order valence-electron chi connectivity index (χ3n) is 5.39. The molecule has 0 bridgehead atoms. The van der Waals surface area contributed by atoms with Crippen LogP contribution in [0.3, 0.4) is 0 Å². The summed E-state index contributed by atoms with van der Waals surface area (Å²) in [6.45, 7) is 1.84. The first-order chi connectivity index (χ1) is 14.2. The Balaban J connectivity index is 1.42. The minimum absolute atomic E-state index is 0.0848. The molecule has 0 saturated carbocycles. The Kier molecular flexibility index (Phi) is 4.41. The Bertz CT molecular complexity index is 1230. The normalized spacial score (nSPS) is 13.4. The highest BCUT2D eigenvalue weighted by molar-refractivity contribution is 5.98. The molecular formula is C23H21N5O. The van der Waals surface area contributed by atoms with Gasteiger partial charge in [-0.2, -0.15) is 5.10 Å². The van der Waals surface area contributed by atoms with Crippen LogP contribution in [0, 0.1) is 0 Å². The summed E-state index contributed by atoms with van der Waals surface area (Å²) >= 11 is 0. The van der Waals surface area contributed by atoms with Gasteiger partial charge in [0.25, 0.3) is 0 Å². The highest BCUT2D eigenvalue weighted by Gasteiger charge is 2.14. The van der Waals surface area contributed by atoms with Crippen molar-refractivity contribution in [2.75, 3.05) is 6.54 Å². The molecule has 1 N–H and O–H groups in total. The quantitative estimate of drug-likeness (QED) is 0.548. The molecule has 4 heterocycles. The number of hydrogen-bond acceptors (Lipinski definition) is 5. The summed E-state index contributed by atoms with van der Waals surface area (Å²) in [5.74, 6) is 0.0848. The van der Waals surface area contributed by atoms with E-state index in [1.54, 1.807) is 17.1 Å². The number of nitrogens with zero attached hydrogens (tertiary/aromatic N) is 4. The summed E-state index contributed by atoms with van der Waals surface area (Å²) in [5, 5.41) is 8.52. The first-order valence-corrected chi connectivity index (χ1v) is 9.76. The van der Waals surface area contributed by atoms with Gasteiger partial charge in [0.05, 0.1) is 29.5 Å². The van der Waals surface area contributed by atoms with Crippen LogP contribution < -0.4 is 5.32 Å². The van der Waals surface area contributed by atoms with E-state index in [2.05, 4.69) is 21.5 Å². The summed E-state index contributed by atoms with van der Waals surface area (Å²) < 4.78 is 1.76. The Morgan fingerprint density at radius 3 is 2.93 bits per heavy atom. The molecule has 144 valence electrons. The molecule has 1 aliphatic heterocycles. The molecule has 5 rings (SSSR count). The maximum absolute atomic E-state index is 12.8.